The first-order valence-corrected chi connectivity index (χ1v) is 20.1. The van der Waals surface area contributed by atoms with Gasteiger partial charge in [-0.1, -0.05) is 138 Å². The van der Waals surface area contributed by atoms with Gasteiger partial charge in [0.2, 0.25) is 0 Å². The van der Waals surface area contributed by atoms with E-state index in [1.165, 1.54) is 66.1 Å². The maximum Gasteiger partial charge on any atom is 0.0468 e. The third kappa shape index (κ3) is 7.78. The predicted molar refractivity (Wildman–Crippen MR) is 251 cm³/mol. The summed E-state index contributed by atoms with van der Waals surface area (Å²) in [6.45, 7) is 8.52. The smallest absolute Gasteiger partial charge is 0.0468 e. The highest BCUT2D eigenvalue weighted by Gasteiger charge is 2.15. The van der Waals surface area contributed by atoms with Crippen molar-refractivity contribution in [3.8, 4) is 11.1 Å². The molecule has 0 heterocycles. The molecule has 9 rings (SSSR count). The third-order valence-electron chi connectivity index (χ3n) is 11.1. The van der Waals surface area contributed by atoms with Crippen LogP contribution in [0.3, 0.4) is 0 Å². The molecule has 0 amide bonds. The minimum Gasteiger partial charge on any atom is -0.311 e. The lowest BCUT2D eigenvalue weighted by atomic mass is 9.99. The maximum absolute atomic E-state index is 2.33. The van der Waals surface area contributed by atoms with E-state index in [4.69, 9.17) is 0 Å². The van der Waals surface area contributed by atoms with Crippen LogP contribution in [0.15, 0.2) is 194 Å². The molecule has 0 fully saturated rings. The van der Waals surface area contributed by atoms with Crippen molar-refractivity contribution in [3.05, 3.63) is 228 Å². The zero-order valence-corrected chi connectivity index (χ0v) is 33.5. The normalized spacial score (nSPS) is 11.4. The van der Waals surface area contributed by atoms with Crippen LogP contribution >= 0.6 is 0 Å². The van der Waals surface area contributed by atoms with Gasteiger partial charge in [0.1, 0.15) is 0 Å². The lowest BCUT2D eigenvalue weighted by molar-refractivity contribution is 1.27. The fourth-order valence-corrected chi connectivity index (χ4v) is 7.71. The Hall–Kier alpha value is -7.16. The molecule has 9 aromatic carbocycles. The zero-order chi connectivity index (χ0) is 39.6. The number of nitrogens with zero attached hydrogens (tertiary/aromatic N) is 2. The van der Waals surface area contributed by atoms with Gasteiger partial charge in [-0.25, -0.2) is 0 Å². The van der Waals surface area contributed by atoms with Crippen LogP contribution < -0.4 is 9.80 Å². The Morgan fingerprint density at radius 1 is 0.259 bits per heavy atom. The molecule has 0 bridgehead atoms. The van der Waals surface area contributed by atoms with Crippen molar-refractivity contribution in [3.63, 3.8) is 0 Å². The second-order valence-electron chi connectivity index (χ2n) is 15.5. The highest BCUT2D eigenvalue weighted by molar-refractivity contribution is 5.93. The van der Waals surface area contributed by atoms with E-state index in [0.29, 0.717) is 0 Å². The molecule has 2 nitrogen and oxygen atoms in total. The minimum atomic E-state index is 1.13. The standard InChI is InChI=1S/C56H46N2/c1-39-5-24-51(25-6-39)57(52-26-7-40(2)8-27-52)55-32-21-45(22-33-55)48-20-19-46-35-43(15-17-49(46)37-48)13-14-44-16-18-50-38-56(34-23-47(50)36-44)58(53-28-9-41(3)10-29-53)54-30-11-42(4)12-31-54/h5-38H,1-4H3. The minimum absolute atomic E-state index is 1.13. The molecule has 0 atom stereocenters. The lowest BCUT2D eigenvalue weighted by Crippen LogP contribution is -2.09. The van der Waals surface area contributed by atoms with Gasteiger partial charge < -0.3 is 9.80 Å². The van der Waals surface area contributed by atoms with Gasteiger partial charge in [0.25, 0.3) is 0 Å². The fraction of sp³-hybridized carbons (Fsp3) is 0.0714. The maximum atomic E-state index is 2.33. The first kappa shape index (κ1) is 36.5. The molecule has 0 spiro atoms. The van der Waals surface area contributed by atoms with Gasteiger partial charge in [0.15, 0.2) is 0 Å². The highest BCUT2D eigenvalue weighted by atomic mass is 15.1. The Balaban J connectivity index is 0.933. The zero-order valence-electron chi connectivity index (χ0n) is 33.5. The molecule has 0 aliphatic carbocycles. The molecule has 2 heteroatoms. The highest BCUT2D eigenvalue weighted by Crippen LogP contribution is 2.38. The van der Waals surface area contributed by atoms with Crippen molar-refractivity contribution in [1.29, 1.82) is 0 Å². The Labute approximate surface area is 342 Å². The number of aryl methyl sites for hydroxylation is 4. The number of benzene rings is 9. The van der Waals surface area contributed by atoms with Gasteiger partial charge in [0.05, 0.1) is 0 Å². The van der Waals surface area contributed by atoms with Gasteiger partial charge in [0, 0.05) is 34.1 Å². The molecule has 0 aliphatic heterocycles. The van der Waals surface area contributed by atoms with E-state index in [0.717, 1.165) is 34.1 Å². The molecule has 9 aromatic rings. The summed E-state index contributed by atoms with van der Waals surface area (Å²) < 4.78 is 0. The van der Waals surface area contributed by atoms with Crippen LogP contribution in [-0.2, 0) is 0 Å². The van der Waals surface area contributed by atoms with E-state index in [2.05, 4.69) is 244 Å². The molecular weight excluding hydrogens is 701 g/mol. The van der Waals surface area contributed by atoms with Crippen LogP contribution in [0.4, 0.5) is 34.1 Å². The van der Waals surface area contributed by atoms with E-state index >= 15 is 0 Å². The third-order valence-corrected chi connectivity index (χ3v) is 11.1. The number of rotatable bonds is 9. The Bertz CT molecular complexity index is 2790. The molecule has 0 saturated carbocycles. The average Bonchev–Trinajstić information content (AvgIpc) is 3.26. The summed E-state index contributed by atoms with van der Waals surface area (Å²) in [4.78, 5) is 4.65. The Morgan fingerprint density at radius 3 is 0.983 bits per heavy atom. The largest absolute Gasteiger partial charge is 0.311 e. The topological polar surface area (TPSA) is 6.48 Å². The van der Waals surface area contributed by atoms with Crippen molar-refractivity contribution in [2.45, 2.75) is 27.7 Å². The van der Waals surface area contributed by atoms with Crippen LogP contribution in [0.1, 0.15) is 33.4 Å². The summed E-state index contributed by atoms with van der Waals surface area (Å²) >= 11 is 0. The summed E-state index contributed by atoms with van der Waals surface area (Å²) in [6, 6.07) is 70.9. The molecule has 280 valence electrons. The Morgan fingerprint density at radius 2 is 0.552 bits per heavy atom. The van der Waals surface area contributed by atoms with E-state index in [-0.39, 0.29) is 0 Å². The van der Waals surface area contributed by atoms with Crippen LogP contribution in [0.5, 0.6) is 0 Å². The molecule has 0 unspecified atom stereocenters. The predicted octanol–water partition coefficient (Wildman–Crippen LogP) is 16.0. The second kappa shape index (κ2) is 15.8. The fourth-order valence-electron chi connectivity index (χ4n) is 7.71. The second-order valence-corrected chi connectivity index (χ2v) is 15.5. The van der Waals surface area contributed by atoms with Gasteiger partial charge >= 0.3 is 0 Å². The monoisotopic (exact) mass is 746 g/mol. The molecule has 58 heavy (non-hydrogen) atoms. The number of hydrogen-bond donors (Lipinski definition) is 0. The van der Waals surface area contributed by atoms with Crippen molar-refractivity contribution < 1.29 is 0 Å². The molecule has 0 saturated heterocycles. The van der Waals surface area contributed by atoms with Crippen LogP contribution in [0.2, 0.25) is 0 Å². The van der Waals surface area contributed by atoms with E-state index in [1.807, 2.05) is 0 Å². The summed E-state index contributed by atoms with van der Waals surface area (Å²) in [7, 11) is 0. The molecular formula is C56H46N2. The summed E-state index contributed by atoms with van der Waals surface area (Å²) in [5.74, 6) is 0. The number of hydrogen-bond acceptors (Lipinski definition) is 2. The summed E-state index contributed by atoms with van der Waals surface area (Å²) in [6.07, 6.45) is 4.43. The lowest BCUT2D eigenvalue weighted by Gasteiger charge is -2.26. The first-order chi connectivity index (χ1) is 28.3. The molecule has 0 radical (unpaired) electrons. The van der Waals surface area contributed by atoms with E-state index in [9.17, 15) is 0 Å². The summed E-state index contributed by atoms with van der Waals surface area (Å²) in [5, 5.41) is 4.89. The van der Waals surface area contributed by atoms with Gasteiger partial charge in [-0.15, -0.1) is 0 Å². The first-order valence-electron chi connectivity index (χ1n) is 20.1. The van der Waals surface area contributed by atoms with E-state index < -0.39 is 0 Å². The van der Waals surface area contributed by atoms with Crippen molar-refractivity contribution in [2.75, 3.05) is 9.80 Å². The average molecular weight is 747 g/mol. The van der Waals surface area contributed by atoms with Crippen molar-refractivity contribution in [1.82, 2.24) is 0 Å². The van der Waals surface area contributed by atoms with Crippen molar-refractivity contribution >= 4 is 67.8 Å². The molecule has 0 aliphatic rings. The van der Waals surface area contributed by atoms with Gasteiger partial charge in [-0.3, -0.25) is 0 Å². The van der Waals surface area contributed by atoms with Gasteiger partial charge in [-0.05, 0) is 162 Å². The van der Waals surface area contributed by atoms with Crippen LogP contribution in [0.25, 0.3) is 44.8 Å². The molecule has 0 N–H and O–H groups in total. The summed E-state index contributed by atoms with van der Waals surface area (Å²) in [5.41, 5.74) is 16.6. The number of anilines is 6. The quantitative estimate of drug-likeness (QED) is 0.136. The molecule has 0 aromatic heterocycles. The SMILES string of the molecule is Cc1ccc(N(c2ccc(C)cc2)c2ccc(-c3ccc4cc(C=Cc5ccc6cc(N(c7ccc(C)cc7)c7ccc(C)cc7)ccc6c5)ccc4c3)cc2)cc1. The van der Waals surface area contributed by atoms with E-state index in [1.54, 1.807) is 0 Å². The van der Waals surface area contributed by atoms with Gasteiger partial charge in [-0.2, -0.15) is 0 Å². The number of fused-ring (bicyclic) bond motifs is 2. The van der Waals surface area contributed by atoms with Crippen LogP contribution in [0, 0.1) is 27.7 Å². The van der Waals surface area contributed by atoms with Crippen molar-refractivity contribution in [2.24, 2.45) is 0 Å². The Kier molecular flexibility index (Phi) is 9.91. The van der Waals surface area contributed by atoms with Crippen LogP contribution in [-0.4, -0.2) is 0 Å².